The number of ether oxygens (including phenoxy) is 1. The van der Waals surface area contributed by atoms with Crippen molar-refractivity contribution in [3.63, 3.8) is 0 Å². The number of aromatic nitrogens is 3. The predicted octanol–water partition coefficient (Wildman–Crippen LogP) is 2.35. The molecule has 0 spiro atoms. The summed E-state index contributed by atoms with van der Waals surface area (Å²) < 4.78 is 5.60. The first-order valence-electron chi connectivity index (χ1n) is 8.95. The molecule has 1 amide bonds. The number of rotatable bonds is 6. The number of aromatic amines is 1. The molecule has 7 heteroatoms. The van der Waals surface area contributed by atoms with Crippen LogP contribution < -0.4 is 15.5 Å². The second-order valence-electron chi connectivity index (χ2n) is 6.80. The van der Waals surface area contributed by atoms with Gasteiger partial charge in [0.2, 0.25) is 0 Å². The van der Waals surface area contributed by atoms with Gasteiger partial charge in [-0.3, -0.25) is 9.59 Å². The molecule has 0 radical (unpaired) electrons. The second kappa shape index (κ2) is 7.19. The van der Waals surface area contributed by atoms with Crippen LogP contribution in [0.15, 0.2) is 41.5 Å². The molecule has 0 atom stereocenters. The molecular formula is C20H20N4O3. The molecule has 1 saturated carbocycles. The highest BCUT2D eigenvalue weighted by Crippen LogP contribution is 2.27. The van der Waals surface area contributed by atoms with Crippen molar-refractivity contribution in [3.05, 3.63) is 63.7 Å². The van der Waals surface area contributed by atoms with Crippen molar-refractivity contribution in [2.45, 2.75) is 26.4 Å². The fraction of sp³-hybridized carbons (Fsp3) is 0.300. The zero-order valence-electron chi connectivity index (χ0n) is 15.0. The number of para-hydroxylation sites is 1. The van der Waals surface area contributed by atoms with E-state index in [1.807, 2.05) is 18.2 Å². The van der Waals surface area contributed by atoms with Crippen LogP contribution in [0.4, 0.5) is 0 Å². The van der Waals surface area contributed by atoms with Gasteiger partial charge in [0.1, 0.15) is 6.61 Å². The van der Waals surface area contributed by atoms with Crippen molar-refractivity contribution in [1.29, 1.82) is 0 Å². The molecule has 4 rings (SSSR count). The molecule has 1 fully saturated rings. The third-order valence-corrected chi connectivity index (χ3v) is 4.73. The Balaban J connectivity index is 1.44. The molecule has 1 aliphatic rings. The van der Waals surface area contributed by atoms with Crippen LogP contribution >= 0.6 is 0 Å². The quantitative estimate of drug-likeness (QED) is 0.700. The maximum absolute atomic E-state index is 12.4. The van der Waals surface area contributed by atoms with Gasteiger partial charge in [0, 0.05) is 35.4 Å². The zero-order chi connectivity index (χ0) is 18.8. The molecule has 0 bridgehead atoms. The Labute approximate surface area is 155 Å². The van der Waals surface area contributed by atoms with E-state index in [0.29, 0.717) is 34.7 Å². The molecule has 1 aromatic carbocycles. The first-order chi connectivity index (χ1) is 13.1. The maximum atomic E-state index is 12.4. The lowest BCUT2D eigenvalue weighted by Gasteiger charge is -2.09. The van der Waals surface area contributed by atoms with E-state index in [-0.39, 0.29) is 24.0 Å². The minimum Gasteiger partial charge on any atom is -0.457 e. The lowest BCUT2D eigenvalue weighted by Crippen LogP contribution is -2.25. The van der Waals surface area contributed by atoms with Gasteiger partial charge in [-0.1, -0.05) is 12.1 Å². The molecule has 0 aliphatic heterocycles. The van der Waals surface area contributed by atoms with Crippen molar-refractivity contribution < 1.29 is 9.53 Å². The van der Waals surface area contributed by atoms with Crippen molar-refractivity contribution in [3.8, 4) is 6.01 Å². The number of fused-ring (bicyclic) bond motifs is 1. The van der Waals surface area contributed by atoms with Gasteiger partial charge < -0.3 is 15.0 Å². The van der Waals surface area contributed by atoms with Crippen LogP contribution in [0.3, 0.4) is 0 Å². The van der Waals surface area contributed by atoms with Gasteiger partial charge in [0.15, 0.2) is 5.43 Å². The summed E-state index contributed by atoms with van der Waals surface area (Å²) in [5.74, 6) is 0.438. The highest BCUT2D eigenvalue weighted by Gasteiger charge is 2.22. The fourth-order valence-corrected chi connectivity index (χ4v) is 2.84. The van der Waals surface area contributed by atoms with Crippen LogP contribution in [-0.2, 0) is 6.61 Å². The van der Waals surface area contributed by atoms with Crippen molar-refractivity contribution in [1.82, 2.24) is 20.3 Å². The smallest absolute Gasteiger partial charge is 0.316 e. The van der Waals surface area contributed by atoms with Crippen molar-refractivity contribution >= 4 is 16.8 Å². The van der Waals surface area contributed by atoms with Gasteiger partial charge in [-0.15, -0.1) is 0 Å². The van der Waals surface area contributed by atoms with E-state index in [9.17, 15) is 9.59 Å². The summed E-state index contributed by atoms with van der Waals surface area (Å²) in [7, 11) is 0. The molecule has 2 N–H and O–H groups in total. The Bertz CT molecular complexity index is 1040. The summed E-state index contributed by atoms with van der Waals surface area (Å²) in [6, 6.07) is 7.51. The Hall–Kier alpha value is -3.22. The summed E-state index contributed by atoms with van der Waals surface area (Å²) in [5, 5.41) is 3.52. The lowest BCUT2D eigenvalue weighted by molar-refractivity contribution is 0.0951. The van der Waals surface area contributed by atoms with E-state index in [1.165, 1.54) is 25.2 Å². The molecule has 1 aliphatic carbocycles. The average Bonchev–Trinajstić information content (AvgIpc) is 3.53. The Morgan fingerprint density at radius 3 is 2.74 bits per heavy atom. The zero-order valence-corrected chi connectivity index (χ0v) is 15.0. The highest BCUT2D eigenvalue weighted by atomic mass is 16.5. The van der Waals surface area contributed by atoms with E-state index < -0.39 is 0 Å². The minimum atomic E-state index is -0.178. The number of carbonyl (C=O) groups excluding carboxylic acids is 1. The number of carbonyl (C=O) groups is 1. The Morgan fingerprint density at radius 2 is 2.00 bits per heavy atom. The molecule has 0 saturated heterocycles. The van der Waals surface area contributed by atoms with Crippen molar-refractivity contribution in [2.24, 2.45) is 5.92 Å². The molecule has 27 heavy (non-hydrogen) atoms. The third kappa shape index (κ3) is 3.81. The lowest BCUT2D eigenvalue weighted by atomic mass is 10.1. The molecule has 2 heterocycles. The molecule has 138 valence electrons. The van der Waals surface area contributed by atoms with E-state index in [4.69, 9.17) is 4.74 Å². The number of H-pyrrole nitrogens is 1. The second-order valence-corrected chi connectivity index (χ2v) is 6.80. The number of amides is 1. The molecule has 3 aromatic rings. The van der Waals surface area contributed by atoms with Gasteiger partial charge in [-0.25, -0.2) is 9.97 Å². The normalized spacial score (nSPS) is 13.5. The third-order valence-electron chi connectivity index (χ3n) is 4.73. The topological polar surface area (TPSA) is 97.0 Å². The average molecular weight is 364 g/mol. The summed E-state index contributed by atoms with van der Waals surface area (Å²) in [6.45, 7) is 2.60. The molecular weight excluding hydrogens is 344 g/mol. The number of pyridine rings is 1. The first-order valence-corrected chi connectivity index (χ1v) is 8.95. The number of hydrogen-bond acceptors (Lipinski definition) is 5. The molecule has 7 nitrogen and oxygen atoms in total. The largest absolute Gasteiger partial charge is 0.457 e. The summed E-state index contributed by atoms with van der Waals surface area (Å²) in [4.78, 5) is 35.8. The predicted molar refractivity (Wildman–Crippen MR) is 101 cm³/mol. The Morgan fingerprint density at radius 1 is 1.26 bits per heavy atom. The van der Waals surface area contributed by atoms with Crippen LogP contribution in [-0.4, -0.2) is 27.4 Å². The summed E-state index contributed by atoms with van der Waals surface area (Å²) in [6.07, 6.45) is 5.25. The number of nitrogens with zero attached hydrogens (tertiary/aromatic N) is 2. The van der Waals surface area contributed by atoms with Crippen LogP contribution in [0.25, 0.3) is 10.9 Å². The van der Waals surface area contributed by atoms with Crippen LogP contribution in [0.5, 0.6) is 6.01 Å². The summed E-state index contributed by atoms with van der Waals surface area (Å²) in [5.41, 5.74) is 2.42. The van der Waals surface area contributed by atoms with E-state index >= 15 is 0 Å². The molecule has 0 unspecified atom stereocenters. The van der Waals surface area contributed by atoms with Gasteiger partial charge in [-0.2, -0.15) is 0 Å². The van der Waals surface area contributed by atoms with E-state index in [0.717, 1.165) is 5.52 Å². The number of hydrogen-bond donors (Lipinski definition) is 2. The van der Waals surface area contributed by atoms with E-state index in [2.05, 4.69) is 20.3 Å². The fourth-order valence-electron chi connectivity index (χ4n) is 2.84. The standard InChI is InChI=1S/C20H20N4O3/c1-12-17(24-16-5-3-2-4-15(16)18(12)25)11-27-20-22-9-14(10-23-20)19(26)21-8-13-6-7-13/h2-5,9-10,13H,6-8,11H2,1H3,(H,21,26)(H,24,25). The molecule has 2 aromatic heterocycles. The number of benzene rings is 1. The van der Waals surface area contributed by atoms with Gasteiger partial charge in [-0.05, 0) is 37.8 Å². The van der Waals surface area contributed by atoms with E-state index in [1.54, 1.807) is 13.0 Å². The monoisotopic (exact) mass is 364 g/mol. The minimum absolute atomic E-state index is 0.0217. The van der Waals surface area contributed by atoms with Gasteiger partial charge >= 0.3 is 6.01 Å². The van der Waals surface area contributed by atoms with Gasteiger partial charge in [0.05, 0.1) is 11.3 Å². The Kier molecular flexibility index (Phi) is 4.58. The van der Waals surface area contributed by atoms with Gasteiger partial charge in [0.25, 0.3) is 5.91 Å². The van der Waals surface area contributed by atoms with Crippen molar-refractivity contribution in [2.75, 3.05) is 6.54 Å². The highest BCUT2D eigenvalue weighted by molar-refractivity contribution is 5.93. The van der Waals surface area contributed by atoms with Crippen LogP contribution in [0, 0.1) is 12.8 Å². The van der Waals surface area contributed by atoms with Crippen LogP contribution in [0.2, 0.25) is 0 Å². The maximum Gasteiger partial charge on any atom is 0.316 e. The first kappa shape index (κ1) is 17.2. The van der Waals surface area contributed by atoms with Crippen LogP contribution in [0.1, 0.15) is 34.5 Å². The SMILES string of the molecule is Cc1c(COc2ncc(C(=O)NCC3CC3)cn2)[nH]c2ccccc2c1=O. The number of nitrogens with one attached hydrogen (secondary N) is 2. The summed E-state index contributed by atoms with van der Waals surface area (Å²) >= 11 is 0.